The highest BCUT2D eigenvalue weighted by Crippen LogP contribution is 2.44. The molecule has 1 aliphatic rings. The van der Waals surface area contributed by atoms with Gasteiger partial charge in [0.15, 0.2) is 0 Å². The number of halogens is 2. The van der Waals surface area contributed by atoms with Gasteiger partial charge in [0.25, 0.3) is 11.6 Å². The predicted molar refractivity (Wildman–Crippen MR) is 116 cm³/mol. The summed E-state index contributed by atoms with van der Waals surface area (Å²) in [5.74, 6) is -0.596. The Balaban J connectivity index is 1.98. The van der Waals surface area contributed by atoms with Crippen LogP contribution in [0.15, 0.2) is 42.5 Å². The summed E-state index contributed by atoms with van der Waals surface area (Å²) in [5.41, 5.74) is 0.819. The molecule has 0 radical (unpaired) electrons. The van der Waals surface area contributed by atoms with E-state index in [2.05, 4.69) is 0 Å². The summed E-state index contributed by atoms with van der Waals surface area (Å²) in [6.07, 6.45) is -0.331. The smallest absolute Gasteiger partial charge is 0.330 e. The lowest BCUT2D eigenvalue weighted by Gasteiger charge is -2.29. The minimum atomic E-state index is -0.806. The molecule has 3 rings (SSSR count). The lowest BCUT2D eigenvalue weighted by molar-refractivity contribution is -0.384. The lowest BCUT2D eigenvalue weighted by atomic mass is 10.1. The zero-order valence-electron chi connectivity index (χ0n) is 16.1. The molecule has 0 aliphatic carbocycles. The maximum Gasteiger partial charge on any atom is 0.330 e. The van der Waals surface area contributed by atoms with Crippen LogP contribution in [0, 0.1) is 10.1 Å². The van der Waals surface area contributed by atoms with Crippen LogP contribution >= 0.6 is 35.0 Å². The minimum Gasteiger partial charge on any atom is -0.461 e. The van der Waals surface area contributed by atoms with Crippen LogP contribution in [0.5, 0.6) is 0 Å². The van der Waals surface area contributed by atoms with Crippen LogP contribution in [0.3, 0.4) is 0 Å². The zero-order valence-corrected chi connectivity index (χ0v) is 18.4. The fraction of sp³-hybridized carbons (Fsp3) is 0.300. The number of nitrogens with zero attached hydrogens (tertiary/aromatic N) is 2. The van der Waals surface area contributed by atoms with E-state index in [1.165, 1.54) is 40.9 Å². The molecule has 2 atom stereocenters. The molecule has 10 heteroatoms. The van der Waals surface area contributed by atoms with Gasteiger partial charge in [-0.2, -0.15) is 0 Å². The van der Waals surface area contributed by atoms with E-state index in [-0.39, 0.29) is 17.4 Å². The number of carbonyl (C=O) groups is 2. The van der Waals surface area contributed by atoms with Gasteiger partial charge >= 0.3 is 5.97 Å². The third-order valence-corrected chi connectivity index (χ3v) is 6.47. The lowest BCUT2D eigenvalue weighted by Crippen LogP contribution is -2.44. The highest BCUT2D eigenvalue weighted by Gasteiger charge is 2.43. The van der Waals surface area contributed by atoms with Crippen molar-refractivity contribution in [2.45, 2.75) is 31.4 Å². The summed E-state index contributed by atoms with van der Waals surface area (Å²) < 4.78 is 5.35. The second-order valence-corrected chi connectivity index (χ2v) is 8.80. The molecule has 1 aliphatic heterocycles. The van der Waals surface area contributed by atoms with E-state index in [1.807, 2.05) is 0 Å². The molecule has 2 aromatic carbocycles. The van der Waals surface area contributed by atoms with Gasteiger partial charge in [-0.15, -0.1) is 11.8 Å². The summed E-state index contributed by atoms with van der Waals surface area (Å²) in [4.78, 5) is 37.8. The Morgan fingerprint density at radius 3 is 2.40 bits per heavy atom. The number of nitro benzene ring substituents is 1. The first kappa shape index (κ1) is 22.4. The van der Waals surface area contributed by atoms with Crippen molar-refractivity contribution in [1.29, 1.82) is 0 Å². The van der Waals surface area contributed by atoms with Crippen molar-refractivity contribution in [1.82, 2.24) is 4.90 Å². The first-order valence-corrected chi connectivity index (χ1v) is 10.8. The van der Waals surface area contributed by atoms with Crippen LogP contribution < -0.4 is 0 Å². The molecule has 1 fully saturated rings. The number of benzene rings is 2. The van der Waals surface area contributed by atoms with Gasteiger partial charge in [-0.25, -0.2) is 4.79 Å². The highest BCUT2D eigenvalue weighted by atomic mass is 35.5. The van der Waals surface area contributed by atoms with Crippen molar-refractivity contribution in [2.75, 3.05) is 5.75 Å². The monoisotopic (exact) mass is 468 g/mol. The number of thioether (sulfide) groups is 1. The number of hydrogen-bond donors (Lipinski definition) is 0. The van der Waals surface area contributed by atoms with Crippen LogP contribution in [0.4, 0.5) is 5.69 Å². The number of amides is 1. The summed E-state index contributed by atoms with van der Waals surface area (Å²) in [6, 6.07) is 9.50. The van der Waals surface area contributed by atoms with Gasteiger partial charge < -0.3 is 9.64 Å². The zero-order chi connectivity index (χ0) is 22.0. The summed E-state index contributed by atoms with van der Waals surface area (Å²) in [7, 11) is 0. The van der Waals surface area contributed by atoms with E-state index >= 15 is 0 Å². The third-order valence-electron chi connectivity index (χ3n) is 4.41. The largest absolute Gasteiger partial charge is 0.461 e. The van der Waals surface area contributed by atoms with Gasteiger partial charge in [0.05, 0.1) is 21.1 Å². The Morgan fingerprint density at radius 1 is 1.17 bits per heavy atom. The Bertz CT molecular complexity index is 984. The molecular weight excluding hydrogens is 451 g/mol. The fourth-order valence-corrected chi connectivity index (χ4v) is 4.75. The Labute approximate surface area is 187 Å². The van der Waals surface area contributed by atoms with Crippen molar-refractivity contribution < 1.29 is 19.2 Å². The quantitative estimate of drug-likeness (QED) is 0.344. The Morgan fingerprint density at radius 2 is 1.83 bits per heavy atom. The number of non-ortho nitro benzene ring substituents is 1. The number of esters is 1. The van der Waals surface area contributed by atoms with E-state index in [1.54, 1.807) is 32.0 Å². The number of nitro groups is 1. The number of hydrogen-bond acceptors (Lipinski definition) is 6. The second kappa shape index (κ2) is 9.24. The molecule has 0 saturated carbocycles. The maximum absolute atomic E-state index is 13.3. The molecule has 1 saturated heterocycles. The average Bonchev–Trinajstić information content (AvgIpc) is 3.14. The molecule has 1 amide bonds. The average molecular weight is 469 g/mol. The predicted octanol–water partition coefficient (Wildman–Crippen LogP) is 5.11. The van der Waals surface area contributed by atoms with Crippen LogP contribution in [0.25, 0.3) is 0 Å². The second-order valence-electron chi connectivity index (χ2n) is 6.88. The number of rotatable bonds is 5. The minimum absolute atomic E-state index is 0.126. The van der Waals surface area contributed by atoms with Crippen LogP contribution in [0.2, 0.25) is 10.0 Å². The molecule has 0 bridgehead atoms. The SMILES string of the molecule is CC(C)OC(=O)C1CSC(c2ccc(Cl)c(Cl)c2)N1C(=O)c1ccc([N+](=O)[O-])cc1. The van der Waals surface area contributed by atoms with Crippen molar-refractivity contribution in [3.63, 3.8) is 0 Å². The van der Waals surface area contributed by atoms with Crippen molar-refractivity contribution in [3.05, 3.63) is 73.8 Å². The summed E-state index contributed by atoms with van der Waals surface area (Å²) in [5, 5.41) is 11.1. The number of carbonyl (C=O) groups excluding carboxylic acids is 2. The molecular formula is C20H18Cl2N2O5S. The molecule has 0 spiro atoms. The van der Waals surface area contributed by atoms with Crippen molar-refractivity contribution in [2.24, 2.45) is 0 Å². The summed E-state index contributed by atoms with van der Waals surface area (Å²) >= 11 is 13.6. The van der Waals surface area contributed by atoms with Crippen molar-refractivity contribution >= 4 is 52.5 Å². The van der Waals surface area contributed by atoms with Gasteiger partial charge in [0.2, 0.25) is 0 Å². The fourth-order valence-electron chi connectivity index (χ4n) is 3.04. The first-order valence-electron chi connectivity index (χ1n) is 9.03. The van der Waals surface area contributed by atoms with Gasteiger partial charge in [-0.05, 0) is 43.7 Å². The van der Waals surface area contributed by atoms with E-state index in [0.717, 1.165) is 0 Å². The van der Waals surface area contributed by atoms with Gasteiger partial charge in [-0.1, -0.05) is 29.3 Å². The van der Waals surface area contributed by atoms with Crippen LogP contribution in [-0.2, 0) is 9.53 Å². The van der Waals surface area contributed by atoms with Crippen LogP contribution in [0.1, 0.15) is 35.1 Å². The van der Waals surface area contributed by atoms with Crippen molar-refractivity contribution in [3.8, 4) is 0 Å². The number of ether oxygens (including phenoxy) is 1. The standard InChI is InChI=1S/C20H18Cl2N2O5S/c1-11(2)29-20(26)17-10-30-19(13-5-8-15(21)16(22)9-13)23(17)18(25)12-3-6-14(7-4-12)24(27)28/h3-9,11,17,19H,10H2,1-2H3. The molecule has 7 nitrogen and oxygen atoms in total. The molecule has 30 heavy (non-hydrogen) atoms. The van der Waals surface area contributed by atoms with Crippen LogP contribution in [-0.4, -0.2) is 39.6 Å². The van der Waals surface area contributed by atoms with E-state index < -0.39 is 28.2 Å². The topological polar surface area (TPSA) is 89.8 Å². The molecule has 2 unspecified atom stereocenters. The summed E-state index contributed by atoms with van der Waals surface area (Å²) in [6.45, 7) is 3.47. The Hall–Kier alpha value is -2.29. The molecule has 0 aromatic heterocycles. The van der Waals surface area contributed by atoms with E-state index in [0.29, 0.717) is 21.4 Å². The molecule has 0 N–H and O–H groups in total. The third kappa shape index (κ3) is 4.71. The van der Waals surface area contributed by atoms with E-state index in [9.17, 15) is 19.7 Å². The van der Waals surface area contributed by atoms with Gasteiger partial charge in [-0.3, -0.25) is 14.9 Å². The molecule has 2 aromatic rings. The van der Waals surface area contributed by atoms with E-state index in [4.69, 9.17) is 27.9 Å². The maximum atomic E-state index is 13.3. The van der Waals surface area contributed by atoms with Gasteiger partial charge in [0, 0.05) is 23.4 Å². The van der Waals surface area contributed by atoms with Gasteiger partial charge in [0.1, 0.15) is 11.4 Å². The molecule has 1 heterocycles. The highest BCUT2D eigenvalue weighted by molar-refractivity contribution is 7.99. The first-order chi connectivity index (χ1) is 14.2. The molecule has 158 valence electrons. The normalized spacial score (nSPS) is 18.5. The Kier molecular flexibility index (Phi) is 6.90.